The summed E-state index contributed by atoms with van der Waals surface area (Å²) in [4.78, 5) is 12.0. The lowest BCUT2D eigenvalue weighted by atomic mass is 13.0. The van der Waals surface area contributed by atoms with Crippen molar-refractivity contribution >= 4 is 0 Å². The molecule has 0 unspecified atom stereocenters. The Morgan fingerprint density at radius 1 is 2.00 bits per heavy atom. The van der Waals surface area contributed by atoms with Gasteiger partial charge >= 0.3 is 5.09 Å². The summed E-state index contributed by atoms with van der Waals surface area (Å²) in [7, 11) is 0. The topological polar surface area (TPSA) is 75.6 Å². The summed E-state index contributed by atoms with van der Waals surface area (Å²) in [6, 6.07) is 0. The normalized spacial score (nSPS) is 6.60. The summed E-state index contributed by atoms with van der Waals surface area (Å²) in [5, 5.41) is 6.44. The average Bonchev–Trinajstić information content (AvgIpc) is 1.38. The van der Waals surface area contributed by atoms with Crippen LogP contribution in [0, 0.1) is 4.91 Å². The van der Waals surface area contributed by atoms with Crippen LogP contribution in [-0.2, 0) is 4.94 Å². The van der Waals surface area contributed by atoms with Crippen LogP contribution >= 0.6 is 0 Å². The van der Waals surface area contributed by atoms with E-state index in [1.165, 1.54) is 0 Å². The third-order valence-electron chi connectivity index (χ3n) is 0.0902. The van der Waals surface area contributed by atoms with Gasteiger partial charge in [-0.05, 0) is 0 Å². The van der Waals surface area contributed by atoms with Crippen LogP contribution in [0.3, 0.4) is 0 Å². The molecular formula is H3N2O3+. The molecule has 0 aliphatic heterocycles. The molecule has 0 aromatic heterocycles. The molecule has 3 N–H and O–H groups in total. The fourth-order valence-electron chi connectivity index (χ4n) is 0. The highest BCUT2D eigenvalue weighted by molar-refractivity contribution is 3.58. The van der Waals surface area contributed by atoms with E-state index in [1.807, 2.05) is 0 Å². The Balaban J connectivity index is 2.85. The predicted molar refractivity (Wildman–Crippen MR) is 10.7 cm³/mol. The maximum atomic E-state index is 8.94. The Labute approximate surface area is 27.4 Å². The highest BCUT2D eigenvalue weighted by atomic mass is 17.0. The molecule has 5 nitrogen and oxygen atoms in total. The van der Waals surface area contributed by atoms with Crippen LogP contribution in [0.2, 0.25) is 0 Å². The Hall–Kier alpha value is -0.840. The van der Waals surface area contributed by atoms with Gasteiger partial charge < -0.3 is 0 Å². The first-order valence-corrected chi connectivity index (χ1v) is 0.801. The van der Waals surface area contributed by atoms with Crippen molar-refractivity contribution in [3.63, 3.8) is 0 Å². The molecule has 0 spiro atoms. The SMILES string of the molecule is NO[N+](=O)O. The molecular weight excluding hydrogens is 76.0 g/mol. The van der Waals surface area contributed by atoms with Crippen molar-refractivity contribution < 1.29 is 15.2 Å². The van der Waals surface area contributed by atoms with Crippen LogP contribution in [0.5, 0.6) is 0 Å². The van der Waals surface area contributed by atoms with Gasteiger partial charge in [-0.2, -0.15) is 5.21 Å². The van der Waals surface area contributed by atoms with Crippen LogP contribution < -0.4 is 5.90 Å². The highest BCUT2D eigenvalue weighted by Crippen LogP contribution is 1.47. The quantitative estimate of drug-likeness (QED) is 0.393. The predicted octanol–water partition coefficient (Wildman–Crippen LogP) is -1.04. The van der Waals surface area contributed by atoms with Gasteiger partial charge in [0.05, 0.1) is 0 Å². The van der Waals surface area contributed by atoms with Crippen LogP contribution in [0.15, 0.2) is 0 Å². The molecule has 5 heteroatoms. The van der Waals surface area contributed by atoms with Crippen molar-refractivity contribution in [3.8, 4) is 0 Å². The van der Waals surface area contributed by atoms with E-state index in [0.29, 0.717) is 0 Å². The third-order valence-corrected chi connectivity index (χ3v) is 0.0902. The van der Waals surface area contributed by atoms with E-state index in [2.05, 4.69) is 10.8 Å². The van der Waals surface area contributed by atoms with E-state index in [4.69, 9.17) is 10.1 Å². The van der Waals surface area contributed by atoms with Crippen molar-refractivity contribution in [2.45, 2.75) is 0 Å². The lowest BCUT2D eigenvalue weighted by Crippen LogP contribution is -2.08. The first kappa shape index (κ1) is 4.16. The minimum Gasteiger partial charge on any atom is -0.199 e. The minimum atomic E-state index is -0.847. The van der Waals surface area contributed by atoms with Crippen LogP contribution in [0.1, 0.15) is 0 Å². The molecule has 0 saturated carbocycles. The van der Waals surface area contributed by atoms with E-state index < -0.39 is 5.09 Å². The van der Waals surface area contributed by atoms with Crippen molar-refractivity contribution in [1.29, 1.82) is 0 Å². The molecule has 0 radical (unpaired) electrons. The molecule has 0 aromatic rings. The van der Waals surface area contributed by atoms with E-state index in [-0.39, 0.29) is 0 Å². The van der Waals surface area contributed by atoms with Gasteiger partial charge in [-0.3, -0.25) is 0 Å². The van der Waals surface area contributed by atoms with Gasteiger partial charge in [0.15, 0.2) is 0 Å². The molecule has 0 aromatic carbocycles. The fraction of sp³-hybridized carbons (Fsp3) is 0. The van der Waals surface area contributed by atoms with Gasteiger partial charge in [0.25, 0.3) is 0 Å². The van der Waals surface area contributed by atoms with Crippen molar-refractivity contribution in [2.75, 3.05) is 0 Å². The lowest BCUT2D eigenvalue weighted by molar-refractivity contribution is -0.978. The van der Waals surface area contributed by atoms with Gasteiger partial charge in [0.2, 0.25) is 0 Å². The Morgan fingerprint density at radius 2 is 2.20 bits per heavy atom. The summed E-state index contributed by atoms with van der Waals surface area (Å²) in [5.41, 5.74) is 0. The molecule has 0 amide bonds. The molecule has 0 atom stereocenters. The first-order valence-electron chi connectivity index (χ1n) is 0.801. The summed E-state index contributed by atoms with van der Waals surface area (Å²) in [6.45, 7) is 0. The van der Waals surface area contributed by atoms with Gasteiger partial charge in [0.1, 0.15) is 4.91 Å². The molecule has 0 aliphatic carbocycles. The van der Waals surface area contributed by atoms with Gasteiger partial charge in [0, 0.05) is 0 Å². The zero-order valence-corrected chi connectivity index (χ0v) is 2.29. The zero-order valence-electron chi connectivity index (χ0n) is 2.29. The number of nitrogens with zero attached hydrogens (tertiary/aromatic N) is 1. The monoisotopic (exact) mass is 79.0 g/mol. The Kier molecular flexibility index (Phi) is 1.23. The van der Waals surface area contributed by atoms with E-state index in [9.17, 15) is 0 Å². The van der Waals surface area contributed by atoms with Gasteiger partial charge in [-0.15, -0.1) is 0 Å². The van der Waals surface area contributed by atoms with Crippen molar-refractivity contribution in [3.05, 3.63) is 4.91 Å². The lowest BCUT2D eigenvalue weighted by Gasteiger charge is -1.62. The summed E-state index contributed by atoms with van der Waals surface area (Å²) >= 11 is 0. The van der Waals surface area contributed by atoms with Gasteiger partial charge in [-0.25, -0.2) is 0 Å². The smallest absolute Gasteiger partial charge is 0.199 e. The molecule has 0 rings (SSSR count). The van der Waals surface area contributed by atoms with Crippen molar-refractivity contribution in [2.24, 2.45) is 5.90 Å². The molecule has 0 bridgehead atoms. The maximum Gasteiger partial charge on any atom is 0.495 e. The second-order valence-corrected chi connectivity index (χ2v) is 0.343. The largest absolute Gasteiger partial charge is 0.495 e. The van der Waals surface area contributed by atoms with Gasteiger partial charge in [-0.1, -0.05) is 10.8 Å². The summed E-state index contributed by atoms with van der Waals surface area (Å²) in [5.74, 6) is 4.03. The molecule has 0 fully saturated rings. The standard InChI is InChI=1S/H3N2O3/c1-5-2(3)4/h1H2,(H,3,4)/q+1. The zero-order chi connectivity index (χ0) is 4.28. The van der Waals surface area contributed by atoms with Crippen LogP contribution in [-0.4, -0.2) is 10.3 Å². The minimum absolute atomic E-state index is 0.847. The number of hydrogen-bond acceptors (Lipinski definition) is 3. The molecule has 0 heterocycles. The first-order chi connectivity index (χ1) is 2.27. The Bertz CT molecular complexity index is 40.2. The summed E-state index contributed by atoms with van der Waals surface area (Å²) in [6.07, 6.45) is 0. The van der Waals surface area contributed by atoms with Crippen LogP contribution in [0.25, 0.3) is 0 Å². The van der Waals surface area contributed by atoms with E-state index >= 15 is 0 Å². The number of rotatable bonds is 1. The third kappa shape index (κ3) is 3.16. The number of nitrogens with two attached hydrogens (primary N) is 1. The van der Waals surface area contributed by atoms with E-state index in [1.54, 1.807) is 0 Å². The van der Waals surface area contributed by atoms with Crippen molar-refractivity contribution in [1.82, 2.24) is 0 Å². The molecule has 5 heavy (non-hydrogen) atoms. The second kappa shape index (κ2) is 1.48. The molecule has 0 saturated heterocycles. The molecule has 30 valence electrons. The second-order valence-electron chi connectivity index (χ2n) is 0.343. The van der Waals surface area contributed by atoms with Crippen LogP contribution in [0.4, 0.5) is 0 Å². The van der Waals surface area contributed by atoms with E-state index in [0.717, 1.165) is 0 Å². The Morgan fingerprint density at radius 3 is 2.20 bits per heavy atom. The number of hydrogen-bond donors (Lipinski definition) is 2. The molecule has 0 aliphatic rings. The maximum absolute atomic E-state index is 8.94. The summed E-state index contributed by atoms with van der Waals surface area (Å²) < 4.78 is 0. The highest BCUT2D eigenvalue weighted by Gasteiger charge is 1.92. The fourth-order valence-corrected chi connectivity index (χ4v) is 0. The average molecular weight is 79.0 g/mol.